The SMILES string of the molecule is O=C(CC1CCCCC1)Nc1cccc(CNc2cc(-c3ccccc3Cl)nc3c(Br)cnn23)c1. The van der Waals surface area contributed by atoms with E-state index in [-0.39, 0.29) is 5.91 Å². The molecule has 2 heterocycles. The van der Waals surface area contributed by atoms with Crippen molar-refractivity contribution in [3.05, 3.63) is 75.9 Å². The van der Waals surface area contributed by atoms with E-state index in [2.05, 4.69) is 31.7 Å². The normalized spacial score (nSPS) is 14.2. The van der Waals surface area contributed by atoms with Gasteiger partial charge in [-0.2, -0.15) is 9.61 Å². The number of carbonyl (C=O) groups is 1. The van der Waals surface area contributed by atoms with Gasteiger partial charge in [0.25, 0.3) is 0 Å². The number of benzene rings is 2. The van der Waals surface area contributed by atoms with Gasteiger partial charge < -0.3 is 10.6 Å². The van der Waals surface area contributed by atoms with Gasteiger partial charge in [-0.15, -0.1) is 0 Å². The van der Waals surface area contributed by atoms with Crippen LogP contribution in [0.2, 0.25) is 5.02 Å². The van der Waals surface area contributed by atoms with Crippen LogP contribution in [0, 0.1) is 5.92 Å². The van der Waals surface area contributed by atoms with E-state index in [0.717, 1.165) is 45.6 Å². The van der Waals surface area contributed by atoms with Gasteiger partial charge in [0.05, 0.1) is 16.4 Å². The number of anilines is 2. The van der Waals surface area contributed by atoms with Crippen molar-refractivity contribution in [2.45, 2.75) is 45.1 Å². The molecule has 1 aliphatic carbocycles. The predicted octanol–water partition coefficient (Wildman–Crippen LogP) is 7.33. The van der Waals surface area contributed by atoms with Crippen molar-refractivity contribution in [3.8, 4) is 11.3 Å². The van der Waals surface area contributed by atoms with Crippen LogP contribution in [-0.2, 0) is 11.3 Å². The summed E-state index contributed by atoms with van der Waals surface area (Å²) >= 11 is 9.98. The van der Waals surface area contributed by atoms with E-state index in [1.54, 1.807) is 10.7 Å². The van der Waals surface area contributed by atoms with Crippen molar-refractivity contribution in [3.63, 3.8) is 0 Å². The molecule has 1 aliphatic rings. The minimum atomic E-state index is 0.101. The predicted molar refractivity (Wildman–Crippen MR) is 145 cm³/mol. The molecular weight excluding hydrogens is 526 g/mol. The van der Waals surface area contributed by atoms with E-state index in [1.807, 2.05) is 54.6 Å². The molecule has 1 fully saturated rings. The fraction of sp³-hybridized carbons (Fsp3) is 0.296. The highest BCUT2D eigenvalue weighted by atomic mass is 79.9. The number of halogens is 2. The number of nitrogens with one attached hydrogen (secondary N) is 2. The largest absolute Gasteiger partial charge is 0.366 e. The summed E-state index contributed by atoms with van der Waals surface area (Å²) in [5.74, 6) is 1.41. The molecular formula is C27H27BrClN5O. The number of carbonyl (C=O) groups excluding carboxylic acids is 1. The lowest BCUT2D eigenvalue weighted by Gasteiger charge is -2.20. The van der Waals surface area contributed by atoms with Crippen LogP contribution in [0.3, 0.4) is 0 Å². The first kappa shape index (κ1) is 23.8. The summed E-state index contributed by atoms with van der Waals surface area (Å²) in [5.41, 5.74) is 4.19. The molecule has 5 rings (SSSR count). The molecule has 1 saturated carbocycles. The van der Waals surface area contributed by atoms with Crippen LogP contribution in [0.4, 0.5) is 11.5 Å². The molecule has 0 bridgehead atoms. The van der Waals surface area contributed by atoms with Gasteiger partial charge in [-0.1, -0.05) is 61.2 Å². The van der Waals surface area contributed by atoms with E-state index >= 15 is 0 Å². The van der Waals surface area contributed by atoms with Crippen LogP contribution in [0.5, 0.6) is 0 Å². The number of nitrogens with zero attached hydrogens (tertiary/aromatic N) is 3. The molecule has 4 aromatic rings. The Bertz CT molecular complexity index is 1350. The first-order valence-electron chi connectivity index (χ1n) is 12.0. The van der Waals surface area contributed by atoms with Gasteiger partial charge in [0.2, 0.25) is 5.91 Å². The highest BCUT2D eigenvalue weighted by molar-refractivity contribution is 9.10. The summed E-state index contributed by atoms with van der Waals surface area (Å²) in [6, 6.07) is 17.6. The standard InChI is InChI=1S/C27H27BrClN5O/c28-22-17-31-34-25(15-24(33-27(22)34)21-11-4-5-12-23(21)29)30-16-19-9-6-10-20(13-19)32-26(35)14-18-7-2-1-3-8-18/h4-6,9-13,15,17-18,30H,1-3,7-8,14,16H2,(H,32,35). The van der Waals surface area contributed by atoms with Crippen molar-refractivity contribution in [1.82, 2.24) is 14.6 Å². The average molecular weight is 553 g/mol. The highest BCUT2D eigenvalue weighted by Gasteiger charge is 2.17. The molecule has 180 valence electrons. The lowest BCUT2D eigenvalue weighted by atomic mass is 9.87. The minimum absolute atomic E-state index is 0.101. The average Bonchev–Trinajstić information content (AvgIpc) is 3.24. The van der Waals surface area contributed by atoms with Crippen LogP contribution in [0.15, 0.2) is 65.3 Å². The van der Waals surface area contributed by atoms with Gasteiger partial charge in [0, 0.05) is 35.3 Å². The quantitative estimate of drug-likeness (QED) is 0.252. The Balaban J connectivity index is 1.32. The molecule has 0 radical (unpaired) electrons. The van der Waals surface area contributed by atoms with Crippen LogP contribution in [0.25, 0.3) is 16.9 Å². The Morgan fingerprint density at radius 3 is 2.74 bits per heavy atom. The van der Waals surface area contributed by atoms with E-state index in [9.17, 15) is 4.79 Å². The third kappa shape index (κ3) is 5.68. The number of hydrogen-bond acceptors (Lipinski definition) is 4. The molecule has 2 N–H and O–H groups in total. The maximum atomic E-state index is 12.6. The van der Waals surface area contributed by atoms with Gasteiger partial charge >= 0.3 is 0 Å². The van der Waals surface area contributed by atoms with E-state index < -0.39 is 0 Å². The summed E-state index contributed by atoms with van der Waals surface area (Å²) in [6.07, 6.45) is 8.45. The summed E-state index contributed by atoms with van der Waals surface area (Å²) in [4.78, 5) is 17.3. The lowest BCUT2D eigenvalue weighted by Crippen LogP contribution is -2.18. The molecule has 6 nitrogen and oxygen atoms in total. The molecule has 1 amide bonds. The third-order valence-electron chi connectivity index (χ3n) is 6.46. The van der Waals surface area contributed by atoms with E-state index in [0.29, 0.717) is 29.6 Å². The van der Waals surface area contributed by atoms with E-state index in [4.69, 9.17) is 16.6 Å². The zero-order valence-electron chi connectivity index (χ0n) is 19.3. The van der Waals surface area contributed by atoms with Crippen molar-refractivity contribution in [2.24, 2.45) is 5.92 Å². The van der Waals surface area contributed by atoms with Crippen molar-refractivity contribution in [2.75, 3.05) is 10.6 Å². The topological polar surface area (TPSA) is 71.3 Å². The molecule has 35 heavy (non-hydrogen) atoms. The second-order valence-electron chi connectivity index (χ2n) is 9.04. The number of aromatic nitrogens is 3. The molecule has 0 unspecified atom stereocenters. The lowest BCUT2D eigenvalue weighted by molar-refractivity contribution is -0.117. The van der Waals surface area contributed by atoms with Gasteiger partial charge in [-0.05, 0) is 58.5 Å². The van der Waals surface area contributed by atoms with Crippen LogP contribution < -0.4 is 10.6 Å². The number of fused-ring (bicyclic) bond motifs is 1. The second-order valence-corrected chi connectivity index (χ2v) is 10.3. The Hall–Kier alpha value is -2.90. The van der Waals surface area contributed by atoms with Crippen LogP contribution in [-0.4, -0.2) is 20.5 Å². The Kier molecular flexibility index (Phi) is 7.35. The summed E-state index contributed by atoms with van der Waals surface area (Å²) in [7, 11) is 0. The highest BCUT2D eigenvalue weighted by Crippen LogP contribution is 2.31. The molecule has 8 heteroatoms. The molecule has 0 saturated heterocycles. The zero-order valence-corrected chi connectivity index (χ0v) is 21.6. The van der Waals surface area contributed by atoms with Gasteiger partial charge in [-0.3, -0.25) is 4.79 Å². The second kappa shape index (κ2) is 10.8. The maximum absolute atomic E-state index is 12.6. The first-order valence-corrected chi connectivity index (χ1v) is 13.2. The Labute approximate surface area is 218 Å². The van der Waals surface area contributed by atoms with Gasteiger partial charge in [0.15, 0.2) is 5.65 Å². The minimum Gasteiger partial charge on any atom is -0.366 e. The zero-order chi connectivity index (χ0) is 24.2. The third-order valence-corrected chi connectivity index (χ3v) is 7.35. The van der Waals surface area contributed by atoms with E-state index in [1.165, 1.54) is 19.3 Å². The summed E-state index contributed by atoms with van der Waals surface area (Å²) in [6.45, 7) is 0.560. The van der Waals surface area contributed by atoms with Crippen molar-refractivity contribution in [1.29, 1.82) is 0 Å². The Morgan fingerprint density at radius 2 is 1.91 bits per heavy atom. The van der Waals surface area contributed by atoms with Gasteiger partial charge in [0.1, 0.15) is 5.82 Å². The molecule has 0 aliphatic heterocycles. The Morgan fingerprint density at radius 1 is 1.09 bits per heavy atom. The molecule has 0 atom stereocenters. The van der Waals surface area contributed by atoms with Crippen molar-refractivity contribution < 1.29 is 4.79 Å². The fourth-order valence-corrected chi connectivity index (χ4v) is 5.27. The molecule has 2 aromatic carbocycles. The maximum Gasteiger partial charge on any atom is 0.224 e. The smallest absolute Gasteiger partial charge is 0.224 e. The fourth-order valence-electron chi connectivity index (χ4n) is 4.69. The molecule has 0 spiro atoms. The molecule has 2 aromatic heterocycles. The number of amides is 1. The monoisotopic (exact) mass is 551 g/mol. The number of hydrogen-bond donors (Lipinski definition) is 2. The first-order chi connectivity index (χ1) is 17.1. The van der Waals surface area contributed by atoms with Crippen molar-refractivity contribution >= 4 is 50.6 Å². The van der Waals surface area contributed by atoms with Crippen LogP contribution >= 0.6 is 27.5 Å². The summed E-state index contributed by atoms with van der Waals surface area (Å²) in [5, 5.41) is 11.7. The van der Waals surface area contributed by atoms with Gasteiger partial charge in [-0.25, -0.2) is 4.98 Å². The number of rotatable bonds is 7. The summed E-state index contributed by atoms with van der Waals surface area (Å²) < 4.78 is 2.57. The van der Waals surface area contributed by atoms with Crippen LogP contribution in [0.1, 0.15) is 44.1 Å².